The summed E-state index contributed by atoms with van der Waals surface area (Å²) in [6, 6.07) is 5.18. The van der Waals surface area contributed by atoms with Crippen molar-refractivity contribution in [1.29, 1.82) is 0 Å². The Bertz CT molecular complexity index is 629. The lowest BCUT2D eigenvalue weighted by atomic mass is 10.0. The van der Waals surface area contributed by atoms with Gasteiger partial charge in [0.05, 0.1) is 12.5 Å². The van der Waals surface area contributed by atoms with E-state index >= 15 is 0 Å². The zero-order valence-electron chi connectivity index (χ0n) is 11.0. The number of anilines is 1. The van der Waals surface area contributed by atoms with E-state index in [4.69, 9.17) is 9.29 Å². The van der Waals surface area contributed by atoms with E-state index in [1.165, 1.54) is 0 Å². The first kappa shape index (κ1) is 15.1. The molecule has 1 aromatic carbocycles. The van der Waals surface area contributed by atoms with Crippen LogP contribution in [0.2, 0.25) is 0 Å². The average Bonchev–Trinajstić information content (AvgIpc) is 2.80. The molecule has 110 valence electrons. The topological polar surface area (TPSA) is 92.7 Å². The molecule has 0 saturated carbocycles. The minimum atomic E-state index is -4.17. The highest BCUT2D eigenvalue weighted by Crippen LogP contribution is 2.41. The fourth-order valence-electron chi connectivity index (χ4n) is 1.84. The maximum atomic E-state index is 11.7. The summed E-state index contributed by atoms with van der Waals surface area (Å²) < 4.78 is 35.1. The Labute approximate surface area is 121 Å². The van der Waals surface area contributed by atoms with Crippen LogP contribution in [0.15, 0.2) is 23.1 Å². The number of ether oxygens (including phenoxy) is 1. The standard InChI is InChI=1S/C12H15NO5S2/c1-3-18-11(14)7(2)8-4-5-10-9(6-8)13-12(19-10)20(15,16)17/h4-7,12-13H,3H2,1-2H3,(H,15,16,17). The van der Waals surface area contributed by atoms with Gasteiger partial charge in [0.2, 0.25) is 4.71 Å². The van der Waals surface area contributed by atoms with Crippen LogP contribution in [-0.2, 0) is 19.6 Å². The predicted octanol–water partition coefficient (Wildman–Crippen LogP) is 2.04. The van der Waals surface area contributed by atoms with Gasteiger partial charge in [-0.15, -0.1) is 0 Å². The molecule has 2 unspecified atom stereocenters. The van der Waals surface area contributed by atoms with Crippen molar-refractivity contribution in [1.82, 2.24) is 0 Å². The van der Waals surface area contributed by atoms with Crippen LogP contribution in [0.3, 0.4) is 0 Å². The van der Waals surface area contributed by atoms with E-state index in [1.807, 2.05) is 0 Å². The van der Waals surface area contributed by atoms with Gasteiger partial charge in [-0.2, -0.15) is 8.42 Å². The van der Waals surface area contributed by atoms with Crippen molar-refractivity contribution in [3.8, 4) is 0 Å². The van der Waals surface area contributed by atoms with Crippen molar-refractivity contribution in [3.05, 3.63) is 23.8 Å². The summed E-state index contributed by atoms with van der Waals surface area (Å²) in [6.07, 6.45) is 0. The summed E-state index contributed by atoms with van der Waals surface area (Å²) >= 11 is 1.02. The van der Waals surface area contributed by atoms with Gasteiger partial charge in [0.25, 0.3) is 10.1 Å². The SMILES string of the molecule is CCOC(=O)C(C)c1ccc2c(c1)NC(S(=O)(=O)O)S2. The minimum absolute atomic E-state index is 0.313. The van der Waals surface area contributed by atoms with Crippen LogP contribution in [0.25, 0.3) is 0 Å². The zero-order chi connectivity index (χ0) is 14.9. The van der Waals surface area contributed by atoms with Gasteiger partial charge in [-0.3, -0.25) is 9.35 Å². The molecule has 2 atom stereocenters. The summed E-state index contributed by atoms with van der Waals surface area (Å²) in [4.78, 5) is 12.4. The quantitative estimate of drug-likeness (QED) is 0.648. The number of hydrogen-bond acceptors (Lipinski definition) is 6. The molecule has 0 aromatic heterocycles. The van der Waals surface area contributed by atoms with Crippen LogP contribution >= 0.6 is 11.8 Å². The van der Waals surface area contributed by atoms with E-state index in [1.54, 1.807) is 32.0 Å². The molecule has 2 rings (SSSR count). The molecule has 0 amide bonds. The molecular weight excluding hydrogens is 302 g/mol. The molecule has 1 aliphatic heterocycles. The number of nitrogens with one attached hydrogen (secondary N) is 1. The van der Waals surface area contributed by atoms with Gasteiger partial charge in [-0.25, -0.2) is 0 Å². The van der Waals surface area contributed by atoms with E-state index in [9.17, 15) is 13.2 Å². The molecule has 0 radical (unpaired) electrons. The highest BCUT2D eigenvalue weighted by Gasteiger charge is 2.32. The Hall–Kier alpha value is -1.25. The molecule has 0 aliphatic carbocycles. The summed E-state index contributed by atoms with van der Waals surface area (Å²) in [5.74, 6) is -0.763. The van der Waals surface area contributed by atoms with Crippen molar-refractivity contribution >= 4 is 33.5 Å². The number of thioether (sulfide) groups is 1. The van der Waals surface area contributed by atoms with Gasteiger partial charge in [0.1, 0.15) is 0 Å². The first-order valence-electron chi connectivity index (χ1n) is 6.03. The Morgan fingerprint density at radius 2 is 2.25 bits per heavy atom. The number of benzene rings is 1. The monoisotopic (exact) mass is 317 g/mol. The fraction of sp³-hybridized carbons (Fsp3) is 0.417. The first-order valence-corrected chi connectivity index (χ1v) is 8.41. The normalized spacial score (nSPS) is 19.1. The van der Waals surface area contributed by atoms with E-state index in [0.29, 0.717) is 17.2 Å². The van der Waals surface area contributed by atoms with Crippen LogP contribution in [0.5, 0.6) is 0 Å². The summed E-state index contributed by atoms with van der Waals surface area (Å²) in [5, 5.41) is 2.71. The minimum Gasteiger partial charge on any atom is -0.466 e. The molecule has 20 heavy (non-hydrogen) atoms. The molecule has 1 aliphatic rings. The molecule has 0 fully saturated rings. The number of esters is 1. The molecule has 0 spiro atoms. The number of fused-ring (bicyclic) bond motifs is 1. The first-order chi connectivity index (χ1) is 9.32. The number of carbonyl (C=O) groups is 1. The van der Waals surface area contributed by atoms with Gasteiger partial charge in [-0.05, 0) is 31.5 Å². The van der Waals surface area contributed by atoms with Gasteiger partial charge in [0, 0.05) is 10.6 Å². The molecular formula is C12H15NO5S2. The largest absolute Gasteiger partial charge is 0.466 e. The molecule has 2 N–H and O–H groups in total. The van der Waals surface area contributed by atoms with Gasteiger partial charge >= 0.3 is 5.97 Å². The molecule has 8 heteroatoms. The second-order valence-corrected chi connectivity index (χ2v) is 7.29. The van der Waals surface area contributed by atoms with Crippen molar-refractivity contribution < 1.29 is 22.5 Å². The maximum Gasteiger partial charge on any atom is 0.313 e. The lowest BCUT2D eigenvalue weighted by Crippen LogP contribution is -2.21. The second-order valence-electron chi connectivity index (χ2n) is 4.34. The molecule has 0 bridgehead atoms. The smallest absolute Gasteiger partial charge is 0.313 e. The van der Waals surface area contributed by atoms with Crippen LogP contribution < -0.4 is 5.32 Å². The third kappa shape index (κ3) is 3.08. The summed E-state index contributed by atoms with van der Waals surface area (Å²) in [5.41, 5.74) is 1.32. The second kappa shape index (κ2) is 5.63. The summed E-state index contributed by atoms with van der Waals surface area (Å²) in [6.45, 7) is 3.78. The van der Waals surface area contributed by atoms with Gasteiger partial charge in [0.15, 0.2) is 0 Å². The van der Waals surface area contributed by atoms with Crippen molar-refractivity contribution in [2.75, 3.05) is 11.9 Å². The molecule has 6 nitrogen and oxygen atoms in total. The van der Waals surface area contributed by atoms with E-state index < -0.39 is 20.7 Å². The third-order valence-electron chi connectivity index (χ3n) is 2.92. The fourth-order valence-corrected chi connectivity index (χ4v) is 3.72. The van der Waals surface area contributed by atoms with E-state index in [0.717, 1.165) is 17.3 Å². The lowest BCUT2D eigenvalue weighted by Gasteiger charge is -2.12. The van der Waals surface area contributed by atoms with Crippen molar-refractivity contribution in [3.63, 3.8) is 0 Å². The Morgan fingerprint density at radius 3 is 2.85 bits per heavy atom. The lowest BCUT2D eigenvalue weighted by molar-refractivity contribution is -0.144. The van der Waals surface area contributed by atoms with Gasteiger partial charge in [-0.1, -0.05) is 17.8 Å². The van der Waals surface area contributed by atoms with Gasteiger partial charge < -0.3 is 10.1 Å². The third-order valence-corrected chi connectivity index (χ3v) is 5.54. The zero-order valence-corrected chi connectivity index (χ0v) is 12.6. The van der Waals surface area contributed by atoms with E-state index in [2.05, 4.69) is 5.32 Å². The predicted molar refractivity (Wildman–Crippen MR) is 76.3 cm³/mol. The Morgan fingerprint density at radius 1 is 1.55 bits per heavy atom. The Kier molecular flexibility index (Phi) is 4.26. The summed E-state index contributed by atoms with van der Waals surface area (Å²) in [7, 11) is -4.17. The highest BCUT2D eigenvalue weighted by molar-refractivity contribution is 8.12. The number of carbonyl (C=O) groups excluding carboxylic acids is 1. The van der Waals surface area contributed by atoms with Crippen LogP contribution in [0.4, 0.5) is 5.69 Å². The maximum absolute atomic E-state index is 11.7. The van der Waals surface area contributed by atoms with Crippen LogP contribution in [0.1, 0.15) is 25.3 Å². The molecule has 1 heterocycles. The van der Waals surface area contributed by atoms with Crippen LogP contribution in [-0.4, -0.2) is 30.3 Å². The molecule has 0 saturated heterocycles. The van der Waals surface area contributed by atoms with Crippen molar-refractivity contribution in [2.24, 2.45) is 0 Å². The Balaban J connectivity index is 2.21. The number of hydrogen-bond donors (Lipinski definition) is 2. The van der Waals surface area contributed by atoms with Crippen molar-refractivity contribution in [2.45, 2.75) is 29.4 Å². The average molecular weight is 317 g/mol. The molecule has 1 aromatic rings. The van der Waals surface area contributed by atoms with Crippen LogP contribution in [0, 0.1) is 0 Å². The highest BCUT2D eigenvalue weighted by atomic mass is 32.3. The number of rotatable bonds is 4. The van der Waals surface area contributed by atoms with E-state index in [-0.39, 0.29) is 5.97 Å².